The fraction of sp³-hybridized carbons (Fsp3) is 0.579. The first kappa shape index (κ1) is 19.9. The Hall–Kier alpha value is -2.36. The monoisotopic (exact) mass is 463 g/mol. The summed E-state index contributed by atoms with van der Waals surface area (Å²) in [4.78, 5) is 19.1. The second-order valence-electron chi connectivity index (χ2n) is 8.65. The van der Waals surface area contributed by atoms with Gasteiger partial charge < -0.3 is 15.4 Å². The summed E-state index contributed by atoms with van der Waals surface area (Å²) in [6, 6.07) is 0. The molecule has 0 aliphatic carbocycles. The van der Waals surface area contributed by atoms with Gasteiger partial charge in [-0.3, -0.25) is 5.01 Å². The number of hydrogen-bond acceptors (Lipinski definition) is 7. The lowest BCUT2D eigenvalue weighted by Crippen LogP contribution is -2.35. The van der Waals surface area contributed by atoms with Crippen molar-refractivity contribution in [2.24, 2.45) is 5.10 Å². The van der Waals surface area contributed by atoms with E-state index >= 15 is 0 Å². The second-order valence-corrected chi connectivity index (χ2v) is 9.45. The van der Waals surface area contributed by atoms with E-state index in [9.17, 15) is 4.79 Å². The number of hydrogen-bond donors (Lipinski definition) is 1. The van der Waals surface area contributed by atoms with E-state index in [1.165, 1.54) is 0 Å². The predicted molar refractivity (Wildman–Crippen MR) is 114 cm³/mol. The number of nitrogens with zero attached hydrogens (tertiary/aromatic N) is 6. The van der Waals surface area contributed by atoms with Crippen molar-refractivity contribution in [2.45, 2.75) is 44.6 Å². The molecule has 1 saturated heterocycles. The van der Waals surface area contributed by atoms with Gasteiger partial charge in [-0.15, -0.1) is 0 Å². The summed E-state index contributed by atoms with van der Waals surface area (Å²) >= 11 is 3.60. The highest BCUT2D eigenvalue weighted by Gasteiger charge is 2.34. The van der Waals surface area contributed by atoms with Crippen LogP contribution in [0.4, 0.5) is 10.6 Å². The molecular weight excluding hydrogens is 438 g/mol. The van der Waals surface area contributed by atoms with Gasteiger partial charge in [0.15, 0.2) is 5.65 Å². The minimum Gasteiger partial charge on any atom is -0.444 e. The fourth-order valence-electron chi connectivity index (χ4n) is 3.79. The van der Waals surface area contributed by atoms with Gasteiger partial charge in [0.2, 0.25) is 0 Å². The van der Waals surface area contributed by atoms with Crippen LogP contribution < -0.4 is 5.73 Å². The van der Waals surface area contributed by atoms with Gasteiger partial charge >= 0.3 is 6.09 Å². The summed E-state index contributed by atoms with van der Waals surface area (Å²) in [7, 11) is 1.94. The average molecular weight is 464 g/mol. The van der Waals surface area contributed by atoms with Gasteiger partial charge in [-0.05, 0) is 43.1 Å². The molecule has 4 heterocycles. The standard InChI is InChI=1S/C19H26BrN7O2/c1-19(2,3)29-18(28)26-6-5-11(10-26)15-14(20)16(21)27-17(24-15)13(8-23-27)12-7-22-25(4)9-12/h7-8,11-12H,5-6,9-10,21H2,1-4H3. The van der Waals surface area contributed by atoms with Crippen LogP contribution in [0.2, 0.25) is 0 Å². The van der Waals surface area contributed by atoms with Gasteiger partial charge in [0.1, 0.15) is 11.4 Å². The Labute approximate surface area is 178 Å². The average Bonchev–Trinajstić information content (AvgIpc) is 3.35. The van der Waals surface area contributed by atoms with Crippen molar-refractivity contribution in [3.05, 3.63) is 21.9 Å². The van der Waals surface area contributed by atoms with Gasteiger partial charge in [0.05, 0.1) is 16.4 Å². The molecule has 2 unspecified atom stereocenters. The number of likely N-dealkylation sites (N-methyl/N-ethyl adjacent to an activating group) is 1. The van der Waals surface area contributed by atoms with Crippen LogP contribution in [0.1, 0.15) is 50.3 Å². The zero-order valence-electron chi connectivity index (χ0n) is 17.1. The number of fused-ring (bicyclic) bond motifs is 1. The normalized spacial score (nSPS) is 22.1. The molecule has 29 heavy (non-hydrogen) atoms. The van der Waals surface area contributed by atoms with Gasteiger partial charge in [-0.1, -0.05) is 0 Å². The zero-order valence-corrected chi connectivity index (χ0v) is 18.7. The Kier molecular flexibility index (Phi) is 4.92. The first-order chi connectivity index (χ1) is 13.6. The molecule has 1 amide bonds. The van der Waals surface area contributed by atoms with Crippen LogP contribution in [0.5, 0.6) is 0 Å². The first-order valence-electron chi connectivity index (χ1n) is 9.69. The van der Waals surface area contributed by atoms with E-state index in [-0.39, 0.29) is 17.9 Å². The van der Waals surface area contributed by atoms with Crippen molar-refractivity contribution in [1.29, 1.82) is 0 Å². The van der Waals surface area contributed by atoms with E-state index in [1.807, 2.05) is 45.2 Å². The number of carbonyl (C=O) groups excluding carboxylic acids is 1. The van der Waals surface area contributed by atoms with Gasteiger partial charge in [0.25, 0.3) is 0 Å². The number of carbonyl (C=O) groups is 1. The minimum atomic E-state index is -0.514. The van der Waals surface area contributed by atoms with Crippen molar-refractivity contribution < 1.29 is 9.53 Å². The summed E-state index contributed by atoms with van der Waals surface area (Å²) in [5.74, 6) is 0.711. The molecule has 0 spiro atoms. The lowest BCUT2D eigenvalue weighted by atomic mass is 10.0. The quantitative estimate of drug-likeness (QED) is 0.734. The maximum absolute atomic E-state index is 12.4. The molecule has 0 bridgehead atoms. The van der Waals surface area contributed by atoms with E-state index in [4.69, 9.17) is 15.5 Å². The molecule has 2 N–H and O–H groups in total. The highest BCUT2D eigenvalue weighted by molar-refractivity contribution is 9.10. The molecule has 2 aromatic heterocycles. The molecule has 2 aromatic rings. The van der Waals surface area contributed by atoms with Gasteiger partial charge in [0, 0.05) is 50.3 Å². The number of rotatable bonds is 2. The lowest BCUT2D eigenvalue weighted by Gasteiger charge is -2.24. The third-order valence-corrected chi connectivity index (χ3v) is 6.02. The first-order valence-corrected chi connectivity index (χ1v) is 10.5. The largest absolute Gasteiger partial charge is 0.444 e. The molecule has 0 saturated carbocycles. The number of anilines is 1. The number of ether oxygens (including phenoxy) is 1. The molecule has 156 valence electrons. The number of hydrazone groups is 1. The fourth-order valence-corrected chi connectivity index (χ4v) is 4.37. The van der Waals surface area contributed by atoms with Crippen LogP contribution in [0.15, 0.2) is 15.8 Å². The summed E-state index contributed by atoms with van der Waals surface area (Å²) < 4.78 is 7.90. The lowest BCUT2D eigenvalue weighted by molar-refractivity contribution is 0.0292. The number of halogens is 1. The Bertz CT molecular complexity index is 981. The number of nitrogen functional groups attached to an aromatic ring is 1. The van der Waals surface area contributed by atoms with Crippen molar-refractivity contribution >= 4 is 39.7 Å². The van der Waals surface area contributed by atoms with Crippen LogP contribution in [-0.4, -0.2) is 69.1 Å². The molecule has 2 aliphatic heterocycles. The molecule has 2 aliphatic rings. The molecule has 0 radical (unpaired) electrons. The number of likely N-dealkylation sites (tertiary alicyclic amines) is 1. The number of amides is 1. The van der Waals surface area contributed by atoms with Gasteiger partial charge in [-0.2, -0.15) is 14.7 Å². The van der Waals surface area contributed by atoms with Crippen molar-refractivity contribution in [3.63, 3.8) is 0 Å². The third kappa shape index (κ3) is 3.77. The van der Waals surface area contributed by atoms with E-state index in [2.05, 4.69) is 26.1 Å². The SMILES string of the molecule is CN1CC(c2cnn3c(N)c(Br)c(C4CCN(C(=O)OC(C)(C)C)C4)nc23)C=N1. The highest BCUT2D eigenvalue weighted by Crippen LogP contribution is 2.36. The summed E-state index contributed by atoms with van der Waals surface area (Å²) in [6.07, 6.45) is 4.24. The Morgan fingerprint density at radius 1 is 1.34 bits per heavy atom. The maximum atomic E-state index is 12.4. The van der Waals surface area contributed by atoms with Crippen molar-refractivity contribution in [3.8, 4) is 0 Å². The number of nitrogens with two attached hydrogens (primary N) is 1. The van der Waals surface area contributed by atoms with Crippen LogP contribution in [0, 0.1) is 0 Å². The number of aromatic nitrogens is 3. The third-order valence-electron chi connectivity index (χ3n) is 5.21. The molecule has 1 fully saturated rings. The van der Waals surface area contributed by atoms with Crippen LogP contribution in [0.25, 0.3) is 5.65 Å². The highest BCUT2D eigenvalue weighted by atomic mass is 79.9. The molecule has 0 aromatic carbocycles. The molecule has 10 heteroatoms. The van der Waals surface area contributed by atoms with Crippen LogP contribution in [-0.2, 0) is 4.74 Å². The van der Waals surface area contributed by atoms with E-state index in [0.717, 1.165) is 34.3 Å². The molecule has 4 rings (SSSR count). The predicted octanol–water partition coefficient (Wildman–Crippen LogP) is 2.81. The second kappa shape index (κ2) is 7.16. The van der Waals surface area contributed by atoms with Gasteiger partial charge in [-0.25, -0.2) is 9.78 Å². The Morgan fingerprint density at radius 3 is 2.76 bits per heavy atom. The molecule has 2 atom stereocenters. The van der Waals surface area contributed by atoms with Crippen molar-refractivity contribution in [2.75, 3.05) is 32.4 Å². The minimum absolute atomic E-state index is 0.0758. The van der Waals surface area contributed by atoms with Crippen LogP contribution >= 0.6 is 15.9 Å². The summed E-state index contributed by atoms with van der Waals surface area (Å²) in [5, 5.41) is 10.7. The molecule has 9 nitrogen and oxygen atoms in total. The molecular formula is C19H26BrN7O2. The Morgan fingerprint density at radius 2 is 2.10 bits per heavy atom. The van der Waals surface area contributed by atoms with Crippen molar-refractivity contribution in [1.82, 2.24) is 24.5 Å². The summed E-state index contributed by atoms with van der Waals surface area (Å²) in [5.41, 5.74) is 8.45. The zero-order chi connectivity index (χ0) is 20.9. The van der Waals surface area contributed by atoms with E-state index in [1.54, 1.807) is 9.42 Å². The van der Waals surface area contributed by atoms with E-state index in [0.29, 0.717) is 18.9 Å². The summed E-state index contributed by atoms with van der Waals surface area (Å²) in [6.45, 7) is 7.57. The van der Waals surface area contributed by atoms with Crippen LogP contribution in [0.3, 0.4) is 0 Å². The smallest absolute Gasteiger partial charge is 0.410 e. The Balaban J connectivity index is 1.63. The topological polar surface area (TPSA) is 101 Å². The van der Waals surface area contributed by atoms with E-state index < -0.39 is 5.60 Å². The maximum Gasteiger partial charge on any atom is 0.410 e.